The van der Waals surface area contributed by atoms with Gasteiger partial charge in [-0.05, 0) is 32.8 Å². The third kappa shape index (κ3) is 9.46. The number of sulfone groups is 1. The fraction of sp³-hybridized carbons (Fsp3) is 0.588. The van der Waals surface area contributed by atoms with Gasteiger partial charge in [0.2, 0.25) is 0 Å². The Balaban J connectivity index is 0.00000529. The summed E-state index contributed by atoms with van der Waals surface area (Å²) < 4.78 is 23.0. The Morgan fingerprint density at radius 1 is 1.08 bits per heavy atom. The molecule has 0 saturated heterocycles. The smallest absolute Gasteiger partial charge is 0.191 e. The fourth-order valence-corrected chi connectivity index (χ4v) is 2.98. The van der Waals surface area contributed by atoms with E-state index in [0.29, 0.717) is 5.96 Å². The Morgan fingerprint density at radius 2 is 1.71 bits per heavy atom. The number of nitrogens with zero attached hydrogens (tertiary/aromatic N) is 1. The Bertz CT molecular complexity index is 610. The number of halogens is 1. The Labute approximate surface area is 163 Å². The van der Waals surface area contributed by atoms with Crippen molar-refractivity contribution in [2.75, 3.05) is 31.1 Å². The van der Waals surface area contributed by atoms with Gasteiger partial charge in [-0.2, -0.15) is 0 Å². The molecule has 0 atom stereocenters. The van der Waals surface area contributed by atoms with E-state index >= 15 is 0 Å². The van der Waals surface area contributed by atoms with Gasteiger partial charge in [0, 0.05) is 18.8 Å². The quantitative estimate of drug-likeness (QED) is 0.350. The number of hydrogen-bond donors (Lipinski definition) is 2. The molecular weight excluding hydrogens is 437 g/mol. The van der Waals surface area contributed by atoms with E-state index in [-0.39, 0.29) is 42.0 Å². The number of aliphatic imine (C=N–C) groups is 1. The van der Waals surface area contributed by atoms with Gasteiger partial charge in [-0.1, -0.05) is 36.2 Å². The van der Waals surface area contributed by atoms with E-state index < -0.39 is 9.84 Å². The monoisotopic (exact) mass is 467 g/mol. The van der Waals surface area contributed by atoms with Gasteiger partial charge in [-0.3, -0.25) is 4.99 Å². The molecule has 0 amide bonds. The topological polar surface area (TPSA) is 70.6 Å². The molecule has 0 spiro atoms. The van der Waals surface area contributed by atoms with E-state index in [1.54, 1.807) is 6.92 Å². The Morgan fingerprint density at radius 3 is 2.25 bits per heavy atom. The highest BCUT2D eigenvalue weighted by Gasteiger charge is 2.06. The second kappa shape index (κ2) is 11.7. The summed E-state index contributed by atoms with van der Waals surface area (Å²) in [6, 6.07) is 6.54. The van der Waals surface area contributed by atoms with Crippen molar-refractivity contribution >= 4 is 39.8 Å². The maximum atomic E-state index is 11.5. The summed E-state index contributed by atoms with van der Waals surface area (Å²) in [5.41, 5.74) is 3.83. The van der Waals surface area contributed by atoms with E-state index in [1.165, 1.54) is 16.7 Å². The Kier molecular flexibility index (Phi) is 11.3. The molecule has 0 saturated carbocycles. The van der Waals surface area contributed by atoms with Gasteiger partial charge in [-0.15, -0.1) is 24.0 Å². The van der Waals surface area contributed by atoms with Gasteiger partial charge < -0.3 is 10.6 Å². The van der Waals surface area contributed by atoms with Crippen molar-refractivity contribution in [2.45, 2.75) is 34.1 Å². The highest BCUT2D eigenvalue weighted by atomic mass is 127. The third-order valence-corrected chi connectivity index (χ3v) is 5.13. The highest BCUT2D eigenvalue weighted by molar-refractivity contribution is 14.0. The van der Waals surface area contributed by atoms with Crippen LogP contribution in [0, 0.1) is 13.8 Å². The van der Waals surface area contributed by atoms with Crippen molar-refractivity contribution in [3.05, 3.63) is 34.9 Å². The van der Waals surface area contributed by atoms with E-state index in [2.05, 4.69) is 47.7 Å². The maximum absolute atomic E-state index is 11.5. The van der Waals surface area contributed by atoms with Crippen molar-refractivity contribution in [3.63, 3.8) is 0 Å². The minimum Gasteiger partial charge on any atom is -0.357 e. The van der Waals surface area contributed by atoms with Crippen LogP contribution in [0.4, 0.5) is 0 Å². The normalized spacial score (nSPS) is 11.8. The molecule has 0 bridgehead atoms. The van der Waals surface area contributed by atoms with Gasteiger partial charge in [-0.25, -0.2) is 8.42 Å². The summed E-state index contributed by atoms with van der Waals surface area (Å²) in [5.74, 6) is 0.930. The summed E-state index contributed by atoms with van der Waals surface area (Å²) in [7, 11) is -2.97. The summed E-state index contributed by atoms with van der Waals surface area (Å²) in [6.45, 7) is 9.64. The van der Waals surface area contributed by atoms with E-state index in [0.717, 1.165) is 19.5 Å². The second-order valence-electron chi connectivity index (χ2n) is 5.67. The molecule has 1 rings (SSSR count). The average molecular weight is 467 g/mol. The van der Waals surface area contributed by atoms with Crippen LogP contribution < -0.4 is 10.6 Å². The summed E-state index contributed by atoms with van der Waals surface area (Å²) >= 11 is 0. The van der Waals surface area contributed by atoms with Crippen molar-refractivity contribution in [1.29, 1.82) is 0 Å². The lowest BCUT2D eigenvalue weighted by Crippen LogP contribution is -2.38. The summed E-state index contributed by atoms with van der Waals surface area (Å²) in [4.78, 5) is 4.33. The molecular formula is C17H30IN3O2S. The van der Waals surface area contributed by atoms with Crippen LogP contribution in [0.2, 0.25) is 0 Å². The highest BCUT2D eigenvalue weighted by Crippen LogP contribution is 2.08. The number of rotatable bonds is 8. The van der Waals surface area contributed by atoms with Crippen LogP contribution in [-0.4, -0.2) is 45.5 Å². The van der Waals surface area contributed by atoms with Crippen LogP contribution in [0.25, 0.3) is 0 Å². The third-order valence-electron chi connectivity index (χ3n) is 3.44. The number of guanidine groups is 1. The van der Waals surface area contributed by atoms with Gasteiger partial charge in [0.1, 0.15) is 0 Å². The molecule has 0 aromatic heterocycles. The molecule has 138 valence electrons. The van der Waals surface area contributed by atoms with Crippen LogP contribution in [0.15, 0.2) is 23.2 Å². The zero-order chi connectivity index (χ0) is 17.3. The molecule has 0 aliphatic rings. The molecule has 7 heteroatoms. The zero-order valence-electron chi connectivity index (χ0n) is 15.1. The van der Waals surface area contributed by atoms with Crippen molar-refractivity contribution in [2.24, 2.45) is 4.99 Å². The first kappa shape index (κ1) is 23.2. The predicted octanol–water partition coefficient (Wildman–Crippen LogP) is 2.45. The molecule has 24 heavy (non-hydrogen) atoms. The minimum absolute atomic E-state index is 0. The van der Waals surface area contributed by atoms with Gasteiger partial charge in [0.05, 0.1) is 12.3 Å². The van der Waals surface area contributed by atoms with E-state index in [1.807, 2.05) is 6.92 Å². The number of benzene rings is 1. The predicted molar refractivity (Wildman–Crippen MR) is 113 cm³/mol. The standard InChI is InChI=1S/C17H29N3O2S.HI/c1-5-18-17(20-9-10-23(21,22)6-2)19-8-7-16-12-14(3)11-15(4)13-16;/h11-13H,5-10H2,1-4H3,(H2,18,19,20);1H. The Hall–Kier alpha value is -0.830. The molecule has 0 aliphatic heterocycles. The molecule has 0 radical (unpaired) electrons. The lowest BCUT2D eigenvalue weighted by molar-refractivity contribution is 0.597. The van der Waals surface area contributed by atoms with Crippen LogP contribution in [0.1, 0.15) is 30.5 Å². The van der Waals surface area contributed by atoms with Gasteiger partial charge in [0.15, 0.2) is 15.8 Å². The zero-order valence-corrected chi connectivity index (χ0v) is 18.2. The van der Waals surface area contributed by atoms with Crippen LogP contribution in [0.3, 0.4) is 0 Å². The van der Waals surface area contributed by atoms with Crippen LogP contribution in [-0.2, 0) is 16.3 Å². The molecule has 0 fully saturated rings. The largest absolute Gasteiger partial charge is 0.357 e. The van der Waals surface area contributed by atoms with Crippen molar-refractivity contribution in [1.82, 2.24) is 10.6 Å². The van der Waals surface area contributed by atoms with Gasteiger partial charge >= 0.3 is 0 Å². The van der Waals surface area contributed by atoms with Crippen LogP contribution in [0.5, 0.6) is 0 Å². The second-order valence-corrected chi connectivity index (χ2v) is 8.14. The maximum Gasteiger partial charge on any atom is 0.191 e. The average Bonchev–Trinajstić information content (AvgIpc) is 2.46. The summed E-state index contributed by atoms with van der Waals surface area (Å²) in [6.07, 6.45) is 0.903. The van der Waals surface area contributed by atoms with Crippen molar-refractivity contribution < 1.29 is 8.42 Å². The first-order valence-electron chi connectivity index (χ1n) is 8.16. The molecule has 0 heterocycles. The minimum atomic E-state index is -2.97. The van der Waals surface area contributed by atoms with Crippen LogP contribution >= 0.6 is 24.0 Å². The lowest BCUT2D eigenvalue weighted by Gasteiger charge is -2.12. The first-order valence-corrected chi connectivity index (χ1v) is 9.98. The molecule has 0 aliphatic carbocycles. The molecule has 0 unspecified atom stereocenters. The molecule has 1 aromatic carbocycles. The fourth-order valence-electron chi connectivity index (χ4n) is 2.32. The molecule has 1 aromatic rings. The lowest BCUT2D eigenvalue weighted by atomic mass is 10.1. The molecule has 2 N–H and O–H groups in total. The van der Waals surface area contributed by atoms with E-state index in [4.69, 9.17) is 0 Å². The SMILES string of the molecule is CCNC(=NCCS(=O)(=O)CC)NCCc1cc(C)cc(C)c1.I. The summed E-state index contributed by atoms with van der Waals surface area (Å²) in [5, 5.41) is 6.40. The number of nitrogens with one attached hydrogen (secondary N) is 2. The van der Waals surface area contributed by atoms with E-state index in [9.17, 15) is 8.42 Å². The van der Waals surface area contributed by atoms with Crippen molar-refractivity contribution in [3.8, 4) is 0 Å². The van der Waals surface area contributed by atoms with Gasteiger partial charge in [0.25, 0.3) is 0 Å². The number of hydrogen-bond acceptors (Lipinski definition) is 3. The number of aryl methyl sites for hydroxylation is 2. The first-order chi connectivity index (χ1) is 10.9. The molecule has 5 nitrogen and oxygen atoms in total.